The summed E-state index contributed by atoms with van der Waals surface area (Å²) in [5.74, 6) is 0. The Morgan fingerprint density at radius 2 is 1.85 bits per heavy atom. The Morgan fingerprint density at radius 1 is 1.20 bits per heavy atom. The summed E-state index contributed by atoms with van der Waals surface area (Å²) >= 11 is 5.44. The SMILES string of the molecule is CCNCc1sc(-c2cc(C)c(Br)c(C)c2)nc1CC. The molecule has 0 saturated carbocycles. The van der Waals surface area contributed by atoms with Gasteiger partial charge in [-0.2, -0.15) is 0 Å². The molecule has 1 aromatic heterocycles. The molecule has 0 spiro atoms. The molecule has 1 heterocycles. The van der Waals surface area contributed by atoms with Crippen LogP contribution in [0, 0.1) is 13.8 Å². The zero-order valence-corrected chi connectivity index (χ0v) is 14.9. The highest BCUT2D eigenvalue weighted by Crippen LogP contribution is 2.32. The maximum Gasteiger partial charge on any atom is 0.123 e. The maximum absolute atomic E-state index is 4.83. The van der Waals surface area contributed by atoms with E-state index in [0.717, 1.165) is 24.5 Å². The number of hydrogen-bond acceptors (Lipinski definition) is 3. The van der Waals surface area contributed by atoms with Crippen LogP contribution in [-0.2, 0) is 13.0 Å². The van der Waals surface area contributed by atoms with E-state index < -0.39 is 0 Å². The van der Waals surface area contributed by atoms with Gasteiger partial charge in [0.25, 0.3) is 0 Å². The van der Waals surface area contributed by atoms with Crippen molar-refractivity contribution in [2.45, 2.75) is 40.7 Å². The summed E-state index contributed by atoms with van der Waals surface area (Å²) in [5.41, 5.74) is 4.98. The average molecular weight is 353 g/mol. The monoisotopic (exact) mass is 352 g/mol. The second-order valence-electron chi connectivity index (χ2n) is 4.95. The van der Waals surface area contributed by atoms with Gasteiger partial charge in [-0.05, 0) is 50.1 Å². The summed E-state index contributed by atoms with van der Waals surface area (Å²) in [6.07, 6.45) is 0.992. The highest BCUT2D eigenvalue weighted by Gasteiger charge is 2.12. The molecule has 1 aromatic carbocycles. The lowest BCUT2D eigenvalue weighted by Crippen LogP contribution is -2.11. The molecule has 0 radical (unpaired) electrons. The molecule has 0 saturated heterocycles. The highest BCUT2D eigenvalue weighted by molar-refractivity contribution is 9.10. The molecule has 2 aromatic rings. The number of aryl methyl sites for hydroxylation is 3. The Kier molecular flexibility index (Phi) is 5.35. The molecular formula is C16H21BrN2S. The molecular weight excluding hydrogens is 332 g/mol. The van der Waals surface area contributed by atoms with Crippen molar-refractivity contribution in [3.05, 3.63) is 38.3 Å². The predicted octanol–water partition coefficient (Wildman–Crippen LogP) is 4.86. The first-order valence-corrected chi connectivity index (χ1v) is 8.64. The van der Waals surface area contributed by atoms with Gasteiger partial charge in [-0.25, -0.2) is 4.98 Å². The van der Waals surface area contributed by atoms with E-state index >= 15 is 0 Å². The van der Waals surface area contributed by atoms with E-state index in [9.17, 15) is 0 Å². The summed E-state index contributed by atoms with van der Waals surface area (Å²) in [7, 11) is 0. The lowest BCUT2D eigenvalue weighted by molar-refractivity contribution is 0.727. The Labute approximate surface area is 133 Å². The minimum atomic E-state index is 0.922. The van der Waals surface area contributed by atoms with Crippen LogP contribution in [-0.4, -0.2) is 11.5 Å². The summed E-state index contributed by atoms with van der Waals surface area (Å²) in [6.45, 7) is 10.5. The molecule has 0 amide bonds. The van der Waals surface area contributed by atoms with Crippen molar-refractivity contribution in [1.82, 2.24) is 10.3 Å². The summed E-state index contributed by atoms with van der Waals surface area (Å²) in [6, 6.07) is 4.43. The number of benzene rings is 1. The third-order valence-electron chi connectivity index (χ3n) is 3.33. The Bertz CT molecular complexity index is 582. The highest BCUT2D eigenvalue weighted by atomic mass is 79.9. The van der Waals surface area contributed by atoms with Crippen LogP contribution in [0.15, 0.2) is 16.6 Å². The van der Waals surface area contributed by atoms with E-state index in [0.29, 0.717) is 0 Å². The van der Waals surface area contributed by atoms with Gasteiger partial charge in [-0.3, -0.25) is 0 Å². The Balaban J connectivity index is 2.40. The number of aromatic nitrogens is 1. The quantitative estimate of drug-likeness (QED) is 0.830. The van der Waals surface area contributed by atoms with Crippen LogP contribution in [0.4, 0.5) is 0 Å². The van der Waals surface area contributed by atoms with Crippen LogP contribution in [0.2, 0.25) is 0 Å². The molecule has 108 valence electrons. The molecule has 1 N–H and O–H groups in total. The number of hydrogen-bond donors (Lipinski definition) is 1. The molecule has 0 aliphatic carbocycles. The summed E-state index contributed by atoms with van der Waals surface area (Å²) in [5, 5.41) is 4.53. The van der Waals surface area contributed by atoms with Gasteiger partial charge in [0, 0.05) is 21.5 Å². The molecule has 20 heavy (non-hydrogen) atoms. The van der Waals surface area contributed by atoms with Crippen molar-refractivity contribution in [3.8, 4) is 10.6 Å². The molecule has 2 rings (SSSR count). The smallest absolute Gasteiger partial charge is 0.123 e. The molecule has 4 heteroatoms. The molecule has 0 aliphatic rings. The first-order valence-electron chi connectivity index (χ1n) is 7.03. The van der Waals surface area contributed by atoms with Gasteiger partial charge in [0.15, 0.2) is 0 Å². The lowest BCUT2D eigenvalue weighted by atomic mass is 10.1. The minimum Gasteiger partial charge on any atom is -0.312 e. The van der Waals surface area contributed by atoms with E-state index in [2.05, 4.69) is 61.1 Å². The molecule has 0 unspecified atom stereocenters. The van der Waals surface area contributed by atoms with Crippen LogP contribution < -0.4 is 5.32 Å². The third kappa shape index (κ3) is 3.30. The fourth-order valence-electron chi connectivity index (χ4n) is 2.23. The first kappa shape index (κ1) is 15.7. The minimum absolute atomic E-state index is 0.922. The van der Waals surface area contributed by atoms with Crippen LogP contribution in [0.3, 0.4) is 0 Å². The largest absolute Gasteiger partial charge is 0.312 e. The third-order valence-corrected chi connectivity index (χ3v) is 5.73. The Morgan fingerprint density at radius 3 is 2.40 bits per heavy atom. The number of thiazole rings is 1. The molecule has 0 aliphatic heterocycles. The standard InChI is InChI=1S/C16H21BrN2S/c1-5-13-14(9-18-6-2)20-16(19-13)12-7-10(3)15(17)11(4)8-12/h7-8,18H,5-6,9H2,1-4H3. The van der Waals surface area contributed by atoms with E-state index in [1.54, 1.807) is 0 Å². The number of rotatable bonds is 5. The van der Waals surface area contributed by atoms with Crippen molar-refractivity contribution >= 4 is 27.3 Å². The number of nitrogens with one attached hydrogen (secondary N) is 1. The van der Waals surface area contributed by atoms with Crippen LogP contribution in [0.5, 0.6) is 0 Å². The average Bonchev–Trinajstić information content (AvgIpc) is 2.85. The van der Waals surface area contributed by atoms with Crippen LogP contribution in [0.25, 0.3) is 10.6 Å². The van der Waals surface area contributed by atoms with E-state index in [1.165, 1.54) is 31.7 Å². The zero-order chi connectivity index (χ0) is 14.7. The van der Waals surface area contributed by atoms with Crippen molar-refractivity contribution < 1.29 is 0 Å². The van der Waals surface area contributed by atoms with Crippen LogP contribution in [0.1, 0.15) is 35.5 Å². The van der Waals surface area contributed by atoms with Crippen molar-refractivity contribution in [2.75, 3.05) is 6.54 Å². The fraction of sp³-hybridized carbons (Fsp3) is 0.438. The maximum atomic E-state index is 4.83. The van der Waals surface area contributed by atoms with Gasteiger partial charge in [-0.1, -0.05) is 29.8 Å². The van der Waals surface area contributed by atoms with Crippen LogP contribution >= 0.6 is 27.3 Å². The molecule has 0 atom stereocenters. The molecule has 0 bridgehead atoms. The van der Waals surface area contributed by atoms with Crippen molar-refractivity contribution in [3.63, 3.8) is 0 Å². The Hall–Kier alpha value is -0.710. The lowest BCUT2D eigenvalue weighted by Gasteiger charge is -2.05. The van der Waals surface area contributed by atoms with E-state index in [4.69, 9.17) is 4.98 Å². The van der Waals surface area contributed by atoms with Gasteiger partial charge in [-0.15, -0.1) is 11.3 Å². The van der Waals surface area contributed by atoms with Crippen molar-refractivity contribution in [1.29, 1.82) is 0 Å². The normalized spacial score (nSPS) is 11.1. The predicted molar refractivity (Wildman–Crippen MR) is 91.5 cm³/mol. The second kappa shape index (κ2) is 6.83. The number of nitrogens with zero attached hydrogens (tertiary/aromatic N) is 1. The zero-order valence-electron chi connectivity index (χ0n) is 12.5. The second-order valence-corrected chi connectivity index (χ2v) is 6.82. The molecule has 0 fully saturated rings. The van der Waals surface area contributed by atoms with Gasteiger partial charge in [0.05, 0.1) is 5.69 Å². The molecule has 2 nitrogen and oxygen atoms in total. The van der Waals surface area contributed by atoms with Gasteiger partial charge >= 0.3 is 0 Å². The van der Waals surface area contributed by atoms with Gasteiger partial charge in [0.2, 0.25) is 0 Å². The topological polar surface area (TPSA) is 24.9 Å². The van der Waals surface area contributed by atoms with E-state index in [-0.39, 0.29) is 0 Å². The van der Waals surface area contributed by atoms with E-state index in [1.807, 2.05) is 11.3 Å². The number of halogens is 1. The summed E-state index contributed by atoms with van der Waals surface area (Å²) in [4.78, 5) is 6.19. The fourth-order valence-corrected chi connectivity index (χ4v) is 3.56. The van der Waals surface area contributed by atoms with Gasteiger partial charge in [0.1, 0.15) is 5.01 Å². The summed E-state index contributed by atoms with van der Waals surface area (Å²) < 4.78 is 1.20. The first-order chi connectivity index (χ1) is 9.56. The van der Waals surface area contributed by atoms with Crippen molar-refractivity contribution in [2.24, 2.45) is 0 Å². The van der Waals surface area contributed by atoms with Gasteiger partial charge < -0.3 is 5.32 Å².